The van der Waals surface area contributed by atoms with Crippen LogP contribution in [-0.4, -0.2) is 19.8 Å². The molecule has 16 heavy (non-hydrogen) atoms. The Hall–Kier alpha value is 0.594. The Morgan fingerprint density at radius 1 is 0.625 bits per heavy atom. The van der Waals surface area contributed by atoms with Gasteiger partial charge in [-0.2, -0.15) is 0 Å². The van der Waals surface area contributed by atoms with Gasteiger partial charge in [0.25, 0.3) is 0 Å². The van der Waals surface area contributed by atoms with Gasteiger partial charge in [0.15, 0.2) is 0 Å². The van der Waals surface area contributed by atoms with Crippen molar-refractivity contribution in [3.05, 3.63) is 0 Å². The van der Waals surface area contributed by atoms with Crippen molar-refractivity contribution in [3.8, 4) is 0 Å². The van der Waals surface area contributed by atoms with Gasteiger partial charge in [-0.15, -0.1) is 0 Å². The van der Waals surface area contributed by atoms with Crippen LogP contribution in [0.2, 0.25) is 0 Å². The second kappa shape index (κ2) is 9.61. The molecule has 0 saturated heterocycles. The second-order valence-corrected chi connectivity index (χ2v) is 7.50. The van der Waals surface area contributed by atoms with Crippen molar-refractivity contribution in [3.63, 3.8) is 0 Å². The third-order valence-corrected chi connectivity index (χ3v) is 3.49. The van der Waals surface area contributed by atoms with E-state index in [1.165, 1.54) is 0 Å². The molecule has 4 heteroatoms. The van der Waals surface area contributed by atoms with E-state index < -0.39 is 19.0 Å². The van der Waals surface area contributed by atoms with Crippen LogP contribution in [0.1, 0.15) is 41.5 Å². The van der Waals surface area contributed by atoms with Crippen molar-refractivity contribution in [2.45, 2.75) is 41.5 Å². The fourth-order valence-corrected chi connectivity index (χ4v) is 3.42. The van der Waals surface area contributed by atoms with Gasteiger partial charge in [-0.05, 0) is 0 Å². The van der Waals surface area contributed by atoms with E-state index >= 15 is 0 Å². The van der Waals surface area contributed by atoms with Crippen LogP contribution in [-0.2, 0) is 29.0 Å². The summed E-state index contributed by atoms with van der Waals surface area (Å²) in [6, 6.07) is 0. The summed E-state index contributed by atoms with van der Waals surface area (Å²) in [6.07, 6.45) is 0. The van der Waals surface area contributed by atoms with Gasteiger partial charge in [0.05, 0.1) is 0 Å². The monoisotopic (exact) mass is 267 g/mol. The Bertz CT molecular complexity index is 132. The molecule has 0 aliphatic rings. The summed E-state index contributed by atoms with van der Waals surface area (Å²) in [5.74, 6) is 1.60. The van der Waals surface area contributed by atoms with Crippen LogP contribution in [0.25, 0.3) is 0 Å². The van der Waals surface area contributed by atoms with Crippen molar-refractivity contribution in [1.29, 1.82) is 0 Å². The molecule has 0 bridgehead atoms. The minimum absolute atomic E-state index is 0.535. The predicted molar refractivity (Wildman–Crippen MR) is 62.4 cm³/mol. The second-order valence-electron chi connectivity index (χ2n) is 5.36. The van der Waals surface area contributed by atoms with E-state index in [2.05, 4.69) is 41.5 Å². The molecule has 0 atom stereocenters. The van der Waals surface area contributed by atoms with Crippen molar-refractivity contribution >= 4 is 0 Å². The van der Waals surface area contributed by atoms with E-state index in [1.54, 1.807) is 0 Å². The van der Waals surface area contributed by atoms with Gasteiger partial charge < -0.3 is 0 Å². The Balaban J connectivity index is 3.85. The minimum atomic E-state index is -2.18. The average molecular weight is 267 g/mol. The molecule has 0 heterocycles. The number of rotatable bonds is 9. The SMILES string of the molecule is CC(C)C[O][Ti+]([O]CC(C)C)[O]CC(C)C. The van der Waals surface area contributed by atoms with Crippen LogP contribution >= 0.6 is 0 Å². The third-order valence-electron chi connectivity index (χ3n) is 1.60. The molecule has 3 nitrogen and oxygen atoms in total. The Labute approximate surface area is 108 Å². The Morgan fingerprint density at radius 3 is 1.06 bits per heavy atom. The first-order valence-corrected chi connectivity index (χ1v) is 8.08. The molecule has 0 amide bonds. The Morgan fingerprint density at radius 2 is 0.875 bits per heavy atom. The van der Waals surface area contributed by atoms with Crippen molar-refractivity contribution < 1.29 is 29.0 Å². The standard InChI is InChI=1S/3C4H9O.Ti/c3*1-4(2)3-5;/h3*4H,3H2,1-2H3;/q3*-1;+4. The molecule has 96 valence electrons. The van der Waals surface area contributed by atoms with E-state index in [0.717, 1.165) is 19.8 Å². The van der Waals surface area contributed by atoms with Gasteiger partial charge >= 0.3 is 108 Å². The van der Waals surface area contributed by atoms with E-state index in [9.17, 15) is 0 Å². The predicted octanol–water partition coefficient (Wildman–Crippen LogP) is 3.37. The zero-order chi connectivity index (χ0) is 12.6. The summed E-state index contributed by atoms with van der Waals surface area (Å²) >= 11 is -2.18. The first-order valence-electron chi connectivity index (χ1n) is 6.17. The van der Waals surface area contributed by atoms with Crippen LogP contribution in [0.15, 0.2) is 0 Å². The molecule has 0 radical (unpaired) electrons. The van der Waals surface area contributed by atoms with E-state index in [-0.39, 0.29) is 0 Å². The van der Waals surface area contributed by atoms with Gasteiger partial charge in [-0.25, -0.2) is 0 Å². The molecule has 0 spiro atoms. The summed E-state index contributed by atoms with van der Waals surface area (Å²) < 4.78 is 17.2. The fourth-order valence-electron chi connectivity index (χ4n) is 0.829. The molecule has 0 fully saturated rings. The zero-order valence-electron chi connectivity index (χ0n) is 11.6. The first-order chi connectivity index (χ1) is 7.41. The molecular formula is C12H27O3Ti+. The summed E-state index contributed by atoms with van der Waals surface area (Å²) in [5.41, 5.74) is 0. The maximum absolute atomic E-state index is 5.73. The van der Waals surface area contributed by atoms with Crippen LogP contribution in [0.5, 0.6) is 0 Å². The summed E-state index contributed by atoms with van der Waals surface area (Å²) in [4.78, 5) is 0. The number of hydrogen-bond donors (Lipinski definition) is 0. The summed E-state index contributed by atoms with van der Waals surface area (Å²) in [7, 11) is 0. The third kappa shape index (κ3) is 11.1. The van der Waals surface area contributed by atoms with Crippen molar-refractivity contribution in [1.82, 2.24) is 0 Å². The zero-order valence-corrected chi connectivity index (χ0v) is 13.1. The average Bonchev–Trinajstić information content (AvgIpc) is 2.15. The molecule has 0 saturated carbocycles. The van der Waals surface area contributed by atoms with Gasteiger partial charge in [0, 0.05) is 0 Å². The molecule has 0 aromatic heterocycles. The van der Waals surface area contributed by atoms with E-state index in [4.69, 9.17) is 9.96 Å². The molecule has 0 aliphatic heterocycles. The maximum atomic E-state index is 5.73. The molecule has 0 aromatic carbocycles. The molecule has 0 aromatic rings. The van der Waals surface area contributed by atoms with Gasteiger partial charge in [-0.1, -0.05) is 0 Å². The molecule has 0 N–H and O–H groups in total. The summed E-state index contributed by atoms with van der Waals surface area (Å²) in [5, 5.41) is 0. The van der Waals surface area contributed by atoms with Crippen LogP contribution in [0.4, 0.5) is 0 Å². The van der Waals surface area contributed by atoms with Crippen LogP contribution in [0, 0.1) is 17.8 Å². The van der Waals surface area contributed by atoms with Crippen molar-refractivity contribution in [2.75, 3.05) is 19.8 Å². The van der Waals surface area contributed by atoms with Gasteiger partial charge in [0.2, 0.25) is 0 Å². The first kappa shape index (κ1) is 16.6. The molecular weight excluding hydrogens is 240 g/mol. The molecule has 0 unspecified atom stereocenters. The number of hydrogen-bond acceptors (Lipinski definition) is 3. The molecule has 0 rings (SSSR count). The van der Waals surface area contributed by atoms with Crippen LogP contribution < -0.4 is 0 Å². The van der Waals surface area contributed by atoms with Crippen molar-refractivity contribution in [2.24, 2.45) is 17.8 Å². The van der Waals surface area contributed by atoms with Gasteiger partial charge in [-0.3, -0.25) is 0 Å². The summed E-state index contributed by atoms with van der Waals surface area (Å²) in [6.45, 7) is 15.1. The molecule has 0 aliphatic carbocycles. The Kier molecular flexibility index (Phi) is 9.96. The fraction of sp³-hybridized carbons (Fsp3) is 1.00. The normalized spacial score (nSPS) is 11.8. The van der Waals surface area contributed by atoms with E-state index in [0.29, 0.717) is 17.8 Å². The van der Waals surface area contributed by atoms with Crippen LogP contribution in [0.3, 0.4) is 0 Å². The van der Waals surface area contributed by atoms with Gasteiger partial charge in [0.1, 0.15) is 0 Å². The van der Waals surface area contributed by atoms with E-state index in [1.807, 2.05) is 0 Å². The topological polar surface area (TPSA) is 27.7 Å². The quantitative estimate of drug-likeness (QED) is 0.599.